The van der Waals surface area contributed by atoms with Crippen LogP contribution in [-0.4, -0.2) is 16.0 Å². The fraction of sp³-hybridized carbons (Fsp3) is 0.600. The van der Waals surface area contributed by atoms with Gasteiger partial charge in [-0.3, -0.25) is 5.43 Å². The van der Waals surface area contributed by atoms with Crippen molar-refractivity contribution < 1.29 is 0 Å². The fourth-order valence-corrected chi connectivity index (χ4v) is 4.15. The van der Waals surface area contributed by atoms with Crippen molar-refractivity contribution in [3.05, 3.63) is 10.9 Å². The van der Waals surface area contributed by atoms with Gasteiger partial charge in [0.2, 0.25) is 5.95 Å². The van der Waals surface area contributed by atoms with Gasteiger partial charge in [0.05, 0.1) is 5.39 Å². The summed E-state index contributed by atoms with van der Waals surface area (Å²) in [7, 11) is 0. The third-order valence-corrected chi connectivity index (χ3v) is 5.34. The standard InChI is InChI=1S/C15H23N5S/c1-8-4-5-12(9(2)6-8)17-13-11-7-10(3)21-14(11)19-15(18-13)20-16/h7-9,12H,4-6,16H2,1-3H3,(H2,17,18,19,20). The monoisotopic (exact) mass is 305 g/mol. The predicted octanol–water partition coefficient (Wildman–Crippen LogP) is 3.52. The van der Waals surface area contributed by atoms with Gasteiger partial charge in [0, 0.05) is 10.9 Å². The topological polar surface area (TPSA) is 75.9 Å². The van der Waals surface area contributed by atoms with Crippen molar-refractivity contribution in [3.63, 3.8) is 0 Å². The molecule has 4 N–H and O–H groups in total. The van der Waals surface area contributed by atoms with Crippen molar-refractivity contribution in [2.24, 2.45) is 17.7 Å². The van der Waals surface area contributed by atoms with Gasteiger partial charge >= 0.3 is 0 Å². The second-order valence-electron chi connectivity index (χ2n) is 6.26. The number of nitrogens with two attached hydrogens (primary N) is 1. The number of hydrogen-bond donors (Lipinski definition) is 3. The molecule has 21 heavy (non-hydrogen) atoms. The number of hydrazine groups is 1. The molecule has 3 unspecified atom stereocenters. The first-order valence-electron chi connectivity index (χ1n) is 7.58. The lowest BCUT2D eigenvalue weighted by Crippen LogP contribution is -2.33. The molecule has 2 aromatic rings. The minimum Gasteiger partial charge on any atom is -0.366 e. The van der Waals surface area contributed by atoms with Gasteiger partial charge in [0.1, 0.15) is 10.6 Å². The summed E-state index contributed by atoms with van der Waals surface area (Å²) in [6, 6.07) is 2.63. The highest BCUT2D eigenvalue weighted by molar-refractivity contribution is 7.18. The Hall–Kier alpha value is -1.40. The highest BCUT2D eigenvalue weighted by Crippen LogP contribution is 2.34. The highest BCUT2D eigenvalue weighted by Gasteiger charge is 2.26. The number of anilines is 2. The van der Waals surface area contributed by atoms with Gasteiger partial charge in [-0.25, -0.2) is 10.8 Å². The molecule has 3 atom stereocenters. The predicted molar refractivity (Wildman–Crippen MR) is 89.6 cm³/mol. The van der Waals surface area contributed by atoms with Crippen LogP contribution < -0.4 is 16.6 Å². The Kier molecular flexibility index (Phi) is 3.99. The first-order valence-corrected chi connectivity index (χ1v) is 8.39. The number of hydrogen-bond acceptors (Lipinski definition) is 6. The number of aromatic nitrogens is 2. The van der Waals surface area contributed by atoms with Gasteiger partial charge in [-0.05, 0) is 44.1 Å². The molecule has 0 bridgehead atoms. The van der Waals surface area contributed by atoms with Crippen LogP contribution in [0.1, 0.15) is 38.0 Å². The van der Waals surface area contributed by atoms with E-state index >= 15 is 0 Å². The maximum atomic E-state index is 5.50. The van der Waals surface area contributed by atoms with E-state index in [0.29, 0.717) is 17.9 Å². The molecule has 0 amide bonds. The Morgan fingerprint density at radius 1 is 1.29 bits per heavy atom. The summed E-state index contributed by atoms with van der Waals surface area (Å²) in [5.41, 5.74) is 2.57. The number of aryl methyl sites for hydroxylation is 1. The van der Waals surface area contributed by atoms with E-state index in [0.717, 1.165) is 22.0 Å². The fourth-order valence-electron chi connectivity index (χ4n) is 3.27. The lowest BCUT2D eigenvalue weighted by molar-refractivity contribution is 0.276. The van der Waals surface area contributed by atoms with E-state index in [2.05, 4.69) is 47.5 Å². The first kappa shape index (κ1) is 14.5. The Labute approximate surface area is 129 Å². The zero-order valence-corrected chi connectivity index (χ0v) is 13.6. The second kappa shape index (κ2) is 5.77. The molecule has 0 aromatic carbocycles. The van der Waals surface area contributed by atoms with E-state index in [9.17, 15) is 0 Å². The number of thiophene rings is 1. The maximum absolute atomic E-state index is 5.50. The molecule has 0 saturated heterocycles. The minimum atomic E-state index is 0.476. The molecule has 0 aliphatic heterocycles. The van der Waals surface area contributed by atoms with Gasteiger partial charge < -0.3 is 5.32 Å². The van der Waals surface area contributed by atoms with Crippen molar-refractivity contribution in [2.45, 2.75) is 46.1 Å². The summed E-state index contributed by atoms with van der Waals surface area (Å²) in [4.78, 5) is 11.2. The van der Waals surface area contributed by atoms with Crippen molar-refractivity contribution in [1.29, 1.82) is 0 Å². The second-order valence-corrected chi connectivity index (χ2v) is 7.50. The van der Waals surface area contributed by atoms with E-state index in [1.54, 1.807) is 11.3 Å². The molecule has 6 heteroatoms. The van der Waals surface area contributed by atoms with E-state index < -0.39 is 0 Å². The van der Waals surface area contributed by atoms with Crippen LogP contribution in [0, 0.1) is 18.8 Å². The highest BCUT2D eigenvalue weighted by atomic mass is 32.1. The Morgan fingerprint density at radius 2 is 2.10 bits per heavy atom. The molecule has 2 heterocycles. The van der Waals surface area contributed by atoms with E-state index in [1.165, 1.54) is 24.1 Å². The number of nitrogens with one attached hydrogen (secondary N) is 2. The molecule has 0 spiro atoms. The zero-order chi connectivity index (χ0) is 15.0. The summed E-state index contributed by atoms with van der Waals surface area (Å²) < 4.78 is 0. The van der Waals surface area contributed by atoms with Crippen LogP contribution in [0.5, 0.6) is 0 Å². The first-order chi connectivity index (χ1) is 10.1. The summed E-state index contributed by atoms with van der Waals surface area (Å²) in [6.45, 7) is 6.76. The Balaban J connectivity index is 1.92. The molecule has 1 fully saturated rings. The van der Waals surface area contributed by atoms with Crippen LogP contribution >= 0.6 is 11.3 Å². The van der Waals surface area contributed by atoms with Crippen LogP contribution in [0.15, 0.2) is 6.07 Å². The van der Waals surface area contributed by atoms with Gasteiger partial charge in [0.25, 0.3) is 0 Å². The van der Waals surface area contributed by atoms with Crippen LogP contribution in [0.4, 0.5) is 11.8 Å². The largest absolute Gasteiger partial charge is 0.366 e. The number of rotatable bonds is 3. The molecule has 1 aliphatic rings. The number of nitrogens with zero attached hydrogens (tertiary/aromatic N) is 2. The maximum Gasteiger partial charge on any atom is 0.240 e. The van der Waals surface area contributed by atoms with E-state index in [4.69, 9.17) is 5.84 Å². The van der Waals surface area contributed by atoms with E-state index in [-0.39, 0.29) is 0 Å². The number of nitrogen functional groups attached to an aromatic ring is 1. The van der Waals surface area contributed by atoms with Crippen molar-refractivity contribution in [2.75, 3.05) is 10.7 Å². The van der Waals surface area contributed by atoms with Crippen LogP contribution in [0.25, 0.3) is 10.2 Å². The van der Waals surface area contributed by atoms with Gasteiger partial charge in [-0.1, -0.05) is 13.8 Å². The SMILES string of the molecule is Cc1cc2c(NC3CCC(C)CC3C)nc(NN)nc2s1. The Morgan fingerprint density at radius 3 is 2.81 bits per heavy atom. The molecule has 114 valence electrons. The van der Waals surface area contributed by atoms with Gasteiger partial charge in [-0.2, -0.15) is 4.98 Å². The molecular formula is C15H23N5S. The van der Waals surface area contributed by atoms with Crippen LogP contribution in [-0.2, 0) is 0 Å². The smallest absolute Gasteiger partial charge is 0.240 e. The summed E-state index contributed by atoms with van der Waals surface area (Å²) >= 11 is 1.67. The third-order valence-electron chi connectivity index (χ3n) is 4.40. The van der Waals surface area contributed by atoms with Crippen molar-refractivity contribution in [1.82, 2.24) is 9.97 Å². The average molecular weight is 305 g/mol. The van der Waals surface area contributed by atoms with Gasteiger partial charge in [-0.15, -0.1) is 11.3 Å². The molecule has 2 aromatic heterocycles. The van der Waals surface area contributed by atoms with Crippen molar-refractivity contribution >= 4 is 33.3 Å². The number of fused-ring (bicyclic) bond motifs is 1. The molecule has 1 aliphatic carbocycles. The molecule has 0 radical (unpaired) electrons. The lowest BCUT2D eigenvalue weighted by Gasteiger charge is -2.33. The third kappa shape index (κ3) is 2.96. The zero-order valence-electron chi connectivity index (χ0n) is 12.8. The van der Waals surface area contributed by atoms with Crippen LogP contribution in [0.3, 0.4) is 0 Å². The van der Waals surface area contributed by atoms with Crippen molar-refractivity contribution in [3.8, 4) is 0 Å². The summed E-state index contributed by atoms with van der Waals surface area (Å²) in [5.74, 6) is 8.37. The van der Waals surface area contributed by atoms with Gasteiger partial charge in [0.15, 0.2) is 0 Å². The molecule has 3 rings (SSSR count). The normalized spacial score (nSPS) is 26.0. The Bertz CT molecular complexity index is 638. The molecule has 5 nitrogen and oxygen atoms in total. The molecule has 1 saturated carbocycles. The minimum absolute atomic E-state index is 0.476. The molecular weight excluding hydrogens is 282 g/mol. The average Bonchev–Trinajstić information content (AvgIpc) is 2.82. The van der Waals surface area contributed by atoms with E-state index in [1.807, 2.05) is 0 Å². The van der Waals surface area contributed by atoms with Crippen LogP contribution in [0.2, 0.25) is 0 Å². The summed E-state index contributed by atoms with van der Waals surface area (Å²) in [5, 5.41) is 4.74. The summed E-state index contributed by atoms with van der Waals surface area (Å²) in [6.07, 6.45) is 3.75. The lowest BCUT2D eigenvalue weighted by atomic mass is 9.80. The quantitative estimate of drug-likeness (QED) is 0.597.